The Morgan fingerprint density at radius 1 is 1.24 bits per heavy atom. The van der Waals surface area contributed by atoms with E-state index >= 15 is 0 Å². The number of carboxylic acid groups (broad SMARTS) is 1. The van der Waals surface area contributed by atoms with Crippen molar-refractivity contribution in [2.24, 2.45) is 5.73 Å². The minimum Gasteiger partial charge on any atom is -0.480 e. The molecule has 130 valence electrons. The van der Waals surface area contributed by atoms with Crippen molar-refractivity contribution in [3.63, 3.8) is 0 Å². The predicted octanol–water partition coefficient (Wildman–Crippen LogP) is 0.573. The van der Waals surface area contributed by atoms with Gasteiger partial charge in [-0.1, -0.05) is 18.2 Å². The van der Waals surface area contributed by atoms with Crippen molar-refractivity contribution in [2.45, 2.75) is 24.9 Å². The third-order valence-electron chi connectivity index (χ3n) is 4.03. The summed E-state index contributed by atoms with van der Waals surface area (Å²) in [6.07, 6.45) is 5.30. The lowest BCUT2D eigenvalue weighted by molar-refractivity contribution is -0.141. The third-order valence-corrected chi connectivity index (χ3v) is 4.03. The van der Waals surface area contributed by atoms with Gasteiger partial charge in [-0.05, 0) is 11.6 Å². The van der Waals surface area contributed by atoms with Crippen LogP contribution in [0.1, 0.15) is 11.3 Å². The lowest BCUT2D eigenvalue weighted by Gasteiger charge is -2.17. The molecular weight excluding hydrogens is 322 g/mol. The van der Waals surface area contributed by atoms with E-state index in [0.29, 0.717) is 5.69 Å². The van der Waals surface area contributed by atoms with Gasteiger partial charge in [-0.3, -0.25) is 4.79 Å². The molecule has 0 unspecified atom stereocenters. The van der Waals surface area contributed by atoms with Crippen LogP contribution in [0.4, 0.5) is 0 Å². The molecule has 3 rings (SSSR count). The van der Waals surface area contributed by atoms with Gasteiger partial charge in [0.05, 0.1) is 18.1 Å². The van der Waals surface area contributed by atoms with Crippen LogP contribution >= 0.6 is 0 Å². The number of carbonyl (C=O) groups excluding carboxylic acids is 1. The van der Waals surface area contributed by atoms with Gasteiger partial charge in [0.25, 0.3) is 0 Å². The number of nitrogens with two attached hydrogens (primary N) is 1. The Morgan fingerprint density at radius 3 is 2.76 bits per heavy atom. The van der Waals surface area contributed by atoms with Crippen molar-refractivity contribution >= 4 is 22.8 Å². The van der Waals surface area contributed by atoms with Crippen LogP contribution in [0.3, 0.4) is 0 Å². The number of rotatable bonds is 7. The van der Waals surface area contributed by atoms with E-state index in [-0.39, 0.29) is 12.8 Å². The number of amides is 1. The van der Waals surface area contributed by atoms with Crippen LogP contribution in [0.25, 0.3) is 10.9 Å². The Hall–Kier alpha value is -3.13. The number of nitrogens with zero attached hydrogens (tertiary/aromatic N) is 1. The van der Waals surface area contributed by atoms with E-state index in [9.17, 15) is 14.7 Å². The second kappa shape index (κ2) is 7.18. The quantitative estimate of drug-likeness (QED) is 0.428. The zero-order valence-corrected chi connectivity index (χ0v) is 13.4. The standard InChI is InChI=1S/C17H19N5O3/c18-13(6-11-8-19-9-21-11)16(23)22-15(17(24)25)5-10-7-20-14-4-2-1-3-12(10)14/h1-4,7-9,13,15,20H,5-6,18H2,(H,19,21)(H,22,23)(H,24,25)/t13-,15-/m0/s1. The topological polar surface area (TPSA) is 137 Å². The predicted molar refractivity (Wildman–Crippen MR) is 91.8 cm³/mol. The zero-order chi connectivity index (χ0) is 17.8. The van der Waals surface area contributed by atoms with E-state index in [0.717, 1.165) is 16.5 Å². The fourth-order valence-electron chi connectivity index (χ4n) is 2.72. The number of H-pyrrole nitrogens is 2. The number of carbonyl (C=O) groups is 2. The highest BCUT2D eigenvalue weighted by atomic mass is 16.4. The molecule has 1 aromatic carbocycles. The maximum atomic E-state index is 12.2. The van der Waals surface area contributed by atoms with Gasteiger partial charge in [-0.2, -0.15) is 0 Å². The number of aromatic nitrogens is 3. The number of aromatic amines is 2. The molecular formula is C17H19N5O3. The number of para-hydroxylation sites is 1. The van der Waals surface area contributed by atoms with E-state index in [1.165, 1.54) is 6.33 Å². The number of imidazole rings is 1. The fraction of sp³-hybridized carbons (Fsp3) is 0.235. The summed E-state index contributed by atoms with van der Waals surface area (Å²) in [6, 6.07) is 5.67. The Morgan fingerprint density at radius 2 is 2.04 bits per heavy atom. The minimum atomic E-state index is -1.11. The second-order valence-corrected chi connectivity index (χ2v) is 5.83. The molecule has 0 bridgehead atoms. The number of carboxylic acids is 1. The summed E-state index contributed by atoms with van der Waals surface area (Å²) in [7, 11) is 0. The van der Waals surface area contributed by atoms with Gasteiger partial charge in [-0.25, -0.2) is 9.78 Å². The van der Waals surface area contributed by atoms with Crippen LogP contribution in [0, 0.1) is 0 Å². The van der Waals surface area contributed by atoms with Gasteiger partial charge in [0.1, 0.15) is 6.04 Å². The molecule has 25 heavy (non-hydrogen) atoms. The lowest BCUT2D eigenvalue weighted by Crippen LogP contribution is -2.50. The maximum Gasteiger partial charge on any atom is 0.326 e. The number of fused-ring (bicyclic) bond motifs is 1. The number of benzene rings is 1. The van der Waals surface area contributed by atoms with Gasteiger partial charge in [0, 0.05) is 36.1 Å². The maximum absolute atomic E-state index is 12.2. The molecule has 0 radical (unpaired) electrons. The van der Waals surface area contributed by atoms with Crippen LogP contribution in [-0.2, 0) is 22.4 Å². The van der Waals surface area contributed by atoms with Crippen molar-refractivity contribution < 1.29 is 14.7 Å². The number of nitrogens with one attached hydrogen (secondary N) is 3. The number of hydrogen-bond donors (Lipinski definition) is 5. The molecule has 0 aliphatic rings. The molecule has 0 aliphatic heterocycles. The SMILES string of the molecule is N[C@@H](Cc1c[nH]cn1)C(=O)N[C@@H](Cc1c[nH]c2ccccc12)C(=O)O. The molecule has 0 fully saturated rings. The number of aliphatic carboxylic acids is 1. The highest BCUT2D eigenvalue weighted by molar-refractivity contribution is 5.88. The van der Waals surface area contributed by atoms with E-state index in [1.54, 1.807) is 12.4 Å². The van der Waals surface area contributed by atoms with Crippen LogP contribution in [0.15, 0.2) is 43.0 Å². The summed E-state index contributed by atoms with van der Waals surface area (Å²) in [5.41, 5.74) is 8.24. The molecule has 1 amide bonds. The normalized spacial score (nSPS) is 13.5. The molecule has 3 aromatic rings. The Bertz CT molecular complexity index is 871. The highest BCUT2D eigenvalue weighted by Gasteiger charge is 2.25. The molecule has 0 saturated heterocycles. The van der Waals surface area contributed by atoms with Gasteiger partial charge in [0.15, 0.2) is 0 Å². The first-order valence-corrected chi connectivity index (χ1v) is 7.86. The average molecular weight is 341 g/mol. The van der Waals surface area contributed by atoms with Crippen molar-refractivity contribution in [1.82, 2.24) is 20.3 Å². The van der Waals surface area contributed by atoms with Crippen LogP contribution in [-0.4, -0.2) is 44.0 Å². The van der Waals surface area contributed by atoms with Crippen molar-refractivity contribution in [3.8, 4) is 0 Å². The fourth-order valence-corrected chi connectivity index (χ4v) is 2.72. The first-order valence-electron chi connectivity index (χ1n) is 7.86. The highest BCUT2D eigenvalue weighted by Crippen LogP contribution is 2.19. The summed E-state index contributed by atoms with van der Waals surface area (Å²) >= 11 is 0. The van der Waals surface area contributed by atoms with Crippen molar-refractivity contribution in [3.05, 3.63) is 54.2 Å². The lowest BCUT2D eigenvalue weighted by atomic mass is 10.0. The zero-order valence-electron chi connectivity index (χ0n) is 13.4. The molecule has 2 atom stereocenters. The van der Waals surface area contributed by atoms with E-state index in [2.05, 4.69) is 20.3 Å². The van der Waals surface area contributed by atoms with Crippen LogP contribution < -0.4 is 11.1 Å². The largest absolute Gasteiger partial charge is 0.480 e. The molecule has 0 aliphatic carbocycles. The first kappa shape index (κ1) is 16.7. The third kappa shape index (κ3) is 3.86. The summed E-state index contributed by atoms with van der Waals surface area (Å²) < 4.78 is 0. The van der Waals surface area contributed by atoms with E-state index in [1.807, 2.05) is 24.3 Å². The smallest absolute Gasteiger partial charge is 0.326 e. The van der Waals surface area contributed by atoms with Gasteiger partial charge in [0.2, 0.25) is 5.91 Å². The Balaban J connectivity index is 1.68. The summed E-state index contributed by atoms with van der Waals surface area (Å²) in [5, 5.41) is 12.9. The average Bonchev–Trinajstić information content (AvgIpc) is 3.24. The number of hydrogen-bond acceptors (Lipinski definition) is 4. The molecule has 8 heteroatoms. The van der Waals surface area contributed by atoms with Crippen LogP contribution in [0.2, 0.25) is 0 Å². The van der Waals surface area contributed by atoms with Crippen molar-refractivity contribution in [2.75, 3.05) is 0 Å². The molecule has 0 spiro atoms. The van der Waals surface area contributed by atoms with Gasteiger partial charge >= 0.3 is 5.97 Å². The first-order chi connectivity index (χ1) is 12.0. The summed E-state index contributed by atoms with van der Waals surface area (Å²) in [5.74, 6) is -1.62. The molecule has 0 saturated carbocycles. The Labute approximate surface area is 143 Å². The van der Waals surface area contributed by atoms with Gasteiger partial charge < -0.3 is 26.1 Å². The molecule has 8 nitrogen and oxygen atoms in total. The Kier molecular flexibility index (Phi) is 4.80. The molecule has 2 aromatic heterocycles. The summed E-state index contributed by atoms with van der Waals surface area (Å²) in [6.45, 7) is 0. The van der Waals surface area contributed by atoms with E-state index in [4.69, 9.17) is 5.73 Å². The second-order valence-electron chi connectivity index (χ2n) is 5.83. The molecule has 2 heterocycles. The summed E-state index contributed by atoms with van der Waals surface area (Å²) in [4.78, 5) is 33.7. The molecule has 6 N–H and O–H groups in total. The van der Waals surface area contributed by atoms with E-state index < -0.39 is 24.0 Å². The van der Waals surface area contributed by atoms with Gasteiger partial charge in [-0.15, -0.1) is 0 Å². The monoisotopic (exact) mass is 341 g/mol. The minimum absolute atomic E-state index is 0.167. The van der Waals surface area contributed by atoms with Crippen LogP contribution in [0.5, 0.6) is 0 Å². The van der Waals surface area contributed by atoms with Crippen molar-refractivity contribution in [1.29, 1.82) is 0 Å².